The molecule has 0 N–H and O–H groups in total. The topological polar surface area (TPSA) is 36.0 Å². The Morgan fingerprint density at radius 3 is 0.898 bits per heavy atom. The Bertz CT molecular complexity index is 3210. The minimum Gasteiger partial charge on any atom is -0.456 e. The zero-order valence-electron chi connectivity index (χ0n) is 32.0. The molecule has 59 heavy (non-hydrogen) atoms. The third-order valence-electron chi connectivity index (χ3n) is 11.0. The number of para-hydroxylation sites is 5. The van der Waals surface area contributed by atoms with Crippen molar-refractivity contribution in [1.29, 1.82) is 0 Å². The molecule has 0 radical (unpaired) electrons. The van der Waals surface area contributed by atoms with Gasteiger partial charge in [-0.2, -0.15) is 0 Å². The van der Waals surface area contributed by atoms with Crippen LogP contribution in [-0.2, 0) is 0 Å². The van der Waals surface area contributed by atoms with Crippen molar-refractivity contribution < 1.29 is 8.83 Å². The summed E-state index contributed by atoms with van der Waals surface area (Å²) in [6.45, 7) is 0. The molecule has 0 aliphatic carbocycles. The SMILES string of the molecule is c1ccc(N(c2ccccc2)c2cccc(N(c3cccc(N(c4ccccc4)c4ccc5oc6ccccc6c5c4)c3)c3ccc4oc5ccccc5c4c3)c2)cc1. The molecule has 280 valence electrons. The second-order valence-corrected chi connectivity index (χ2v) is 14.6. The fraction of sp³-hybridized carbons (Fsp3) is 0. The Kier molecular flexibility index (Phi) is 8.41. The normalized spacial score (nSPS) is 11.4. The monoisotopic (exact) mass is 759 g/mol. The van der Waals surface area contributed by atoms with Gasteiger partial charge in [-0.3, -0.25) is 0 Å². The summed E-state index contributed by atoms with van der Waals surface area (Å²) in [6, 6.07) is 78.7. The van der Waals surface area contributed by atoms with Crippen LogP contribution in [0, 0.1) is 0 Å². The second-order valence-electron chi connectivity index (χ2n) is 14.6. The van der Waals surface area contributed by atoms with Gasteiger partial charge in [0.1, 0.15) is 22.3 Å². The molecule has 11 rings (SSSR count). The molecule has 0 fully saturated rings. The van der Waals surface area contributed by atoms with E-state index in [1.807, 2.05) is 24.3 Å². The Labute approximate surface area is 341 Å². The van der Waals surface area contributed by atoms with Gasteiger partial charge in [0.15, 0.2) is 0 Å². The Morgan fingerprint density at radius 2 is 0.492 bits per heavy atom. The fourth-order valence-electron chi connectivity index (χ4n) is 8.32. The summed E-state index contributed by atoms with van der Waals surface area (Å²) in [5.41, 5.74) is 12.8. The van der Waals surface area contributed by atoms with Gasteiger partial charge < -0.3 is 23.5 Å². The van der Waals surface area contributed by atoms with Crippen LogP contribution < -0.4 is 14.7 Å². The molecule has 0 atom stereocenters. The van der Waals surface area contributed by atoms with Gasteiger partial charge in [0.25, 0.3) is 0 Å². The van der Waals surface area contributed by atoms with Crippen LogP contribution in [0.1, 0.15) is 0 Å². The molecule has 2 heterocycles. The van der Waals surface area contributed by atoms with Gasteiger partial charge in [-0.1, -0.05) is 103 Å². The molecule has 9 aromatic carbocycles. The molecule has 0 aliphatic heterocycles. The van der Waals surface area contributed by atoms with E-state index in [1.54, 1.807) is 0 Å². The van der Waals surface area contributed by atoms with E-state index in [9.17, 15) is 0 Å². The third kappa shape index (κ3) is 6.22. The minimum atomic E-state index is 0.856. The van der Waals surface area contributed by atoms with Crippen molar-refractivity contribution in [2.24, 2.45) is 0 Å². The number of anilines is 9. The van der Waals surface area contributed by atoms with Crippen LogP contribution in [0.25, 0.3) is 43.9 Å². The summed E-state index contributed by atoms with van der Waals surface area (Å²) < 4.78 is 12.6. The van der Waals surface area contributed by atoms with Gasteiger partial charge in [0.2, 0.25) is 0 Å². The Balaban J connectivity index is 1.10. The summed E-state index contributed by atoms with van der Waals surface area (Å²) in [7, 11) is 0. The number of hydrogen-bond donors (Lipinski definition) is 0. The van der Waals surface area contributed by atoms with Crippen molar-refractivity contribution in [3.63, 3.8) is 0 Å². The quantitative estimate of drug-likeness (QED) is 0.146. The number of rotatable bonds is 9. The third-order valence-corrected chi connectivity index (χ3v) is 11.0. The lowest BCUT2D eigenvalue weighted by molar-refractivity contribution is 0.668. The van der Waals surface area contributed by atoms with Crippen molar-refractivity contribution >= 4 is 95.1 Å². The second kappa shape index (κ2) is 14.5. The first-order chi connectivity index (χ1) is 29.2. The smallest absolute Gasteiger partial charge is 0.135 e. The van der Waals surface area contributed by atoms with Gasteiger partial charge in [0, 0.05) is 72.7 Å². The average molecular weight is 760 g/mol. The summed E-state index contributed by atoms with van der Waals surface area (Å²) in [5, 5.41) is 4.33. The van der Waals surface area contributed by atoms with E-state index < -0.39 is 0 Å². The molecule has 0 bridgehead atoms. The summed E-state index contributed by atoms with van der Waals surface area (Å²) in [5.74, 6) is 0. The van der Waals surface area contributed by atoms with Gasteiger partial charge in [-0.25, -0.2) is 0 Å². The first kappa shape index (κ1) is 34.2. The predicted molar refractivity (Wildman–Crippen MR) is 245 cm³/mol. The zero-order valence-corrected chi connectivity index (χ0v) is 32.0. The number of fused-ring (bicyclic) bond motifs is 6. The first-order valence-electron chi connectivity index (χ1n) is 19.8. The number of benzene rings is 9. The molecular weight excluding hydrogens is 723 g/mol. The molecule has 0 spiro atoms. The van der Waals surface area contributed by atoms with E-state index in [0.29, 0.717) is 0 Å². The highest BCUT2D eigenvalue weighted by molar-refractivity contribution is 6.08. The zero-order chi connectivity index (χ0) is 39.1. The van der Waals surface area contributed by atoms with E-state index >= 15 is 0 Å². The molecule has 0 saturated heterocycles. The van der Waals surface area contributed by atoms with E-state index in [1.165, 1.54) is 0 Å². The molecule has 0 unspecified atom stereocenters. The summed E-state index contributed by atoms with van der Waals surface area (Å²) in [6.07, 6.45) is 0. The van der Waals surface area contributed by atoms with Gasteiger partial charge in [-0.05, 0) is 121 Å². The van der Waals surface area contributed by atoms with E-state index in [-0.39, 0.29) is 0 Å². The summed E-state index contributed by atoms with van der Waals surface area (Å²) >= 11 is 0. The standard InChI is InChI=1S/C54H37N3O2/c1-4-16-38(17-5-1)55(39-18-6-2-7-19-39)41-22-14-24-43(34-41)57(46-31-33-54-50(37-46)48-27-11-13-29-52(48)59-54)44-25-15-23-42(35-44)56(40-20-8-3-9-21-40)45-30-32-53-49(36-45)47-26-10-12-28-51(47)58-53/h1-37H. The molecule has 0 aliphatic rings. The predicted octanol–water partition coefficient (Wildman–Crippen LogP) is 15.9. The highest BCUT2D eigenvalue weighted by atomic mass is 16.3. The molecule has 0 amide bonds. The van der Waals surface area contributed by atoms with Gasteiger partial charge >= 0.3 is 0 Å². The van der Waals surface area contributed by atoms with E-state index in [2.05, 4.69) is 215 Å². The number of hydrogen-bond acceptors (Lipinski definition) is 5. The van der Waals surface area contributed by atoms with Crippen molar-refractivity contribution in [2.45, 2.75) is 0 Å². The Morgan fingerprint density at radius 1 is 0.203 bits per heavy atom. The molecule has 0 saturated carbocycles. The van der Waals surface area contributed by atoms with Crippen LogP contribution in [0.3, 0.4) is 0 Å². The number of nitrogens with zero attached hydrogens (tertiary/aromatic N) is 3. The lowest BCUT2D eigenvalue weighted by Gasteiger charge is -2.31. The Hall–Kier alpha value is -8.02. The van der Waals surface area contributed by atoms with Gasteiger partial charge in [-0.15, -0.1) is 0 Å². The number of furan rings is 2. The van der Waals surface area contributed by atoms with Crippen LogP contribution in [0.15, 0.2) is 233 Å². The molecular formula is C54H37N3O2. The first-order valence-corrected chi connectivity index (χ1v) is 19.8. The lowest BCUT2D eigenvalue weighted by atomic mass is 10.1. The largest absolute Gasteiger partial charge is 0.456 e. The average Bonchev–Trinajstić information content (AvgIpc) is 3.86. The lowest BCUT2D eigenvalue weighted by Crippen LogP contribution is -2.14. The minimum absolute atomic E-state index is 0.856. The van der Waals surface area contributed by atoms with Crippen molar-refractivity contribution in [2.75, 3.05) is 14.7 Å². The maximum Gasteiger partial charge on any atom is 0.135 e. The summed E-state index contributed by atoms with van der Waals surface area (Å²) in [4.78, 5) is 6.97. The molecule has 5 heteroatoms. The van der Waals surface area contributed by atoms with Crippen LogP contribution >= 0.6 is 0 Å². The van der Waals surface area contributed by atoms with Crippen LogP contribution in [0.4, 0.5) is 51.2 Å². The molecule has 11 aromatic rings. The van der Waals surface area contributed by atoms with Crippen molar-refractivity contribution in [3.8, 4) is 0 Å². The highest BCUT2D eigenvalue weighted by Gasteiger charge is 2.21. The van der Waals surface area contributed by atoms with E-state index in [4.69, 9.17) is 8.83 Å². The maximum atomic E-state index is 6.31. The van der Waals surface area contributed by atoms with Gasteiger partial charge in [0.05, 0.1) is 0 Å². The van der Waals surface area contributed by atoms with Crippen molar-refractivity contribution in [3.05, 3.63) is 224 Å². The maximum absolute atomic E-state index is 6.31. The fourth-order valence-corrected chi connectivity index (χ4v) is 8.32. The van der Waals surface area contributed by atoms with Crippen LogP contribution in [-0.4, -0.2) is 0 Å². The highest BCUT2D eigenvalue weighted by Crippen LogP contribution is 2.45. The molecule has 2 aromatic heterocycles. The van der Waals surface area contributed by atoms with E-state index in [0.717, 1.165) is 95.1 Å². The van der Waals surface area contributed by atoms with Crippen LogP contribution in [0.5, 0.6) is 0 Å². The van der Waals surface area contributed by atoms with Crippen LogP contribution in [0.2, 0.25) is 0 Å². The molecule has 5 nitrogen and oxygen atoms in total. The van der Waals surface area contributed by atoms with Crippen molar-refractivity contribution in [1.82, 2.24) is 0 Å².